The summed E-state index contributed by atoms with van der Waals surface area (Å²) < 4.78 is 17.1. The summed E-state index contributed by atoms with van der Waals surface area (Å²) in [5, 5.41) is 2.53. The summed E-state index contributed by atoms with van der Waals surface area (Å²) in [5.41, 5.74) is -0.994. The molecular formula is C11H15ClNO3P. The largest absolute Gasteiger partial charge is 0.422 e. The van der Waals surface area contributed by atoms with Gasteiger partial charge in [-0.05, 0) is 32.9 Å². The Bertz CT molecular complexity index is 447. The van der Waals surface area contributed by atoms with Crippen LogP contribution in [0.25, 0.3) is 0 Å². The first-order chi connectivity index (χ1) is 7.73. The van der Waals surface area contributed by atoms with Gasteiger partial charge < -0.3 is 4.52 Å². The molecule has 0 aliphatic heterocycles. The molecule has 17 heavy (non-hydrogen) atoms. The van der Waals surface area contributed by atoms with Gasteiger partial charge in [0, 0.05) is 11.2 Å². The molecule has 0 aliphatic rings. The van der Waals surface area contributed by atoms with Crippen molar-refractivity contribution in [1.29, 1.82) is 0 Å². The van der Waals surface area contributed by atoms with Gasteiger partial charge in [-0.2, -0.15) is 0 Å². The Balaban J connectivity index is 2.77. The summed E-state index contributed by atoms with van der Waals surface area (Å²) in [6, 6.07) is 8.55. The van der Waals surface area contributed by atoms with E-state index in [9.17, 15) is 9.36 Å². The molecule has 0 spiro atoms. The molecule has 1 rings (SSSR count). The van der Waals surface area contributed by atoms with Gasteiger partial charge in [-0.25, -0.2) is 9.65 Å². The highest BCUT2D eigenvalue weighted by molar-refractivity contribution is 7.84. The van der Waals surface area contributed by atoms with Crippen molar-refractivity contribution in [3.63, 3.8) is 0 Å². The summed E-state index contributed by atoms with van der Waals surface area (Å²) in [5.74, 6) is 0.215. The average molecular weight is 276 g/mol. The molecule has 0 aliphatic carbocycles. The summed E-state index contributed by atoms with van der Waals surface area (Å²) in [7, 11) is 0. The predicted octanol–water partition coefficient (Wildman–Crippen LogP) is 3.37. The lowest BCUT2D eigenvalue weighted by atomic mass is 10.0. The standard InChI is InChI=1S/C11H15ClNO3P/c1-9(14)11(2,3)13-17(12,15)16-10-7-5-4-6-8-10/h4-8H,1-3H3,(H,13,15). The fourth-order valence-electron chi connectivity index (χ4n) is 1.05. The maximum atomic E-state index is 12.0. The summed E-state index contributed by atoms with van der Waals surface area (Å²) >= 11 is 5.77. The zero-order valence-electron chi connectivity index (χ0n) is 9.94. The number of ketones is 1. The van der Waals surface area contributed by atoms with Gasteiger partial charge in [-0.15, -0.1) is 0 Å². The minimum Gasteiger partial charge on any atom is -0.422 e. The first kappa shape index (κ1) is 14.2. The van der Waals surface area contributed by atoms with Gasteiger partial charge in [-0.1, -0.05) is 18.2 Å². The number of rotatable bonds is 5. The highest BCUT2D eigenvalue weighted by atomic mass is 35.7. The molecule has 0 amide bonds. The maximum Gasteiger partial charge on any atom is 0.409 e. The van der Waals surface area contributed by atoms with Crippen molar-refractivity contribution in [3.8, 4) is 5.75 Å². The molecule has 0 radical (unpaired) electrons. The van der Waals surface area contributed by atoms with E-state index in [1.54, 1.807) is 44.2 Å². The second-order valence-electron chi connectivity index (χ2n) is 4.18. The molecule has 4 nitrogen and oxygen atoms in total. The van der Waals surface area contributed by atoms with Crippen LogP contribution in [0, 0.1) is 0 Å². The number of carbonyl (C=O) groups is 1. The lowest BCUT2D eigenvalue weighted by Gasteiger charge is -2.25. The van der Waals surface area contributed by atoms with Crippen molar-refractivity contribution in [2.24, 2.45) is 0 Å². The highest BCUT2D eigenvalue weighted by Crippen LogP contribution is 2.49. The molecule has 0 bridgehead atoms. The van der Waals surface area contributed by atoms with Crippen molar-refractivity contribution in [3.05, 3.63) is 30.3 Å². The van der Waals surface area contributed by atoms with E-state index in [0.29, 0.717) is 5.75 Å². The number of hydrogen-bond donors (Lipinski definition) is 1. The first-order valence-electron chi connectivity index (χ1n) is 5.08. The van der Waals surface area contributed by atoms with Gasteiger partial charge in [0.2, 0.25) is 0 Å². The quantitative estimate of drug-likeness (QED) is 0.837. The van der Waals surface area contributed by atoms with Crippen LogP contribution in [-0.4, -0.2) is 11.3 Å². The van der Waals surface area contributed by atoms with Crippen molar-refractivity contribution in [2.75, 3.05) is 0 Å². The van der Waals surface area contributed by atoms with Crippen LogP contribution in [0.1, 0.15) is 20.8 Å². The second kappa shape index (κ2) is 5.21. The lowest BCUT2D eigenvalue weighted by molar-refractivity contribution is -0.121. The molecule has 6 heteroatoms. The number of para-hydroxylation sites is 1. The van der Waals surface area contributed by atoms with Crippen LogP contribution < -0.4 is 9.61 Å². The van der Waals surface area contributed by atoms with E-state index in [1.807, 2.05) is 0 Å². The normalized spacial score (nSPS) is 15.1. The third kappa shape index (κ3) is 4.50. The third-order valence-corrected chi connectivity index (χ3v) is 3.99. The van der Waals surface area contributed by atoms with Crippen molar-refractivity contribution < 1.29 is 13.9 Å². The van der Waals surface area contributed by atoms with Gasteiger partial charge >= 0.3 is 6.87 Å². The minimum atomic E-state index is -3.59. The molecule has 1 unspecified atom stereocenters. The zero-order valence-corrected chi connectivity index (χ0v) is 11.6. The van der Waals surface area contributed by atoms with E-state index in [0.717, 1.165) is 0 Å². The van der Waals surface area contributed by atoms with E-state index >= 15 is 0 Å². The van der Waals surface area contributed by atoms with E-state index in [2.05, 4.69) is 5.09 Å². The van der Waals surface area contributed by atoms with Crippen LogP contribution in [0.4, 0.5) is 0 Å². The number of benzene rings is 1. The van der Waals surface area contributed by atoms with Gasteiger partial charge in [-0.3, -0.25) is 4.79 Å². The predicted molar refractivity (Wildman–Crippen MR) is 68.4 cm³/mol. The van der Waals surface area contributed by atoms with E-state index in [-0.39, 0.29) is 5.78 Å². The van der Waals surface area contributed by atoms with E-state index < -0.39 is 12.4 Å². The molecule has 0 fully saturated rings. The Morgan fingerprint density at radius 2 is 1.88 bits per heavy atom. The number of halogens is 1. The van der Waals surface area contributed by atoms with Gasteiger partial charge in [0.05, 0.1) is 5.54 Å². The van der Waals surface area contributed by atoms with Crippen LogP contribution >= 0.6 is 18.1 Å². The van der Waals surface area contributed by atoms with Gasteiger partial charge in [0.1, 0.15) is 11.5 Å². The number of nitrogens with one attached hydrogen (secondary N) is 1. The van der Waals surface area contributed by atoms with E-state index in [1.165, 1.54) is 6.92 Å². The van der Waals surface area contributed by atoms with Crippen LogP contribution in [0.15, 0.2) is 30.3 Å². The SMILES string of the molecule is CC(=O)C(C)(C)NP(=O)(Cl)Oc1ccccc1. The molecule has 0 heterocycles. The Labute approximate surface area is 106 Å². The maximum absolute atomic E-state index is 12.0. The topological polar surface area (TPSA) is 55.4 Å². The Morgan fingerprint density at radius 1 is 1.35 bits per heavy atom. The first-order valence-corrected chi connectivity index (χ1v) is 7.61. The molecular weight excluding hydrogens is 261 g/mol. The fraction of sp³-hybridized carbons (Fsp3) is 0.364. The molecule has 0 saturated carbocycles. The Morgan fingerprint density at radius 3 is 2.35 bits per heavy atom. The smallest absolute Gasteiger partial charge is 0.409 e. The number of hydrogen-bond acceptors (Lipinski definition) is 3. The monoisotopic (exact) mass is 275 g/mol. The molecule has 1 atom stereocenters. The van der Waals surface area contributed by atoms with Crippen LogP contribution in [0.2, 0.25) is 0 Å². The Hall–Kier alpha value is -0.830. The third-order valence-electron chi connectivity index (χ3n) is 2.26. The number of carbonyl (C=O) groups excluding carboxylic acids is 1. The molecule has 1 N–H and O–H groups in total. The van der Waals surface area contributed by atoms with Gasteiger partial charge in [0.25, 0.3) is 0 Å². The van der Waals surface area contributed by atoms with Gasteiger partial charge in [0.15, 0.2) is 0 Å². The van der Waals surface area contributed by atoms with Crippen LogP contribution in [-0.2, 0) is 9.36 Å². The molecule has 1 aromatic carbocycles. The summed E-state index contributed by atoms with van der Waals surface area (Å²) in [4.78, 5) is 11.3. The average Bonchev–Trinajstić information content (AvgIpc) is 2.16. The van der Waals surface area contributed by atoms with Crippen molar-refractivity contribution in [2.45, 2.75) is 26.3 Å². The Kier molecular flexibility index (Phi) is 4.36. The minimum absolute atomic E-state index is 0.171. The number of Topliss-reactive ketones (excluding diaryl/α,β-unsaturated/α-hetero) is 1. The van der Waals surface area contributed by atoms with Crippen LogP contribution in [0.3, 0.4) is 0 Å². The molecule has 0 aromatic heterocycles. The second-order valence-corrected chi connectivity index (χ2v) is 6.88. The summed E-state index contributed by atoms with van der Waals surface area (Å²) in [6.45, 7) is 0.999. The highest BCUT2D eigenvalue weighted by Gasteiger charge is 2.34. The van der Waals surface area contributed by atoms with Crippen molar-refractivity contribution >= 4 is 23.9 Å². The molecule has 94 valence electrons. The summed E-state index contributed by atoms with van der Waals surface area (Å²) in [6.07, 6.45) is 0. The molecule has 1 aromatic rings. The zero-order chi connectivity index (χ0) is 13.1. The van der Waals surface area contributed by atoms with Crippen LogP contribution in [0.5, 0.6) is 5.75 Å². The molecule has 0 saturated heterocycles. The lowest BCUT2D eigenvalue weighted by Crippen LogP contribution is -2.43. The fourth-order valence-corrected chi connectivity index (χ4v) is 3.19. The van der Waals surface area contributed by atoms with E-state index in [4.69, 9.17) is 15.8 Å². The van der Waals surface area contributed by atoms with Crippen molar-refractivity contribution in [1.82, 2.24) is 5.09 Å².